The third-order valence-corrected chi connectivity index (χ3v) is 5.64. The molecule has 0 spiro atoms. The number of carbonyl (C=O) groups excluding carboxylic acids is 1. The molecule has 0 radical (unpaired) electrons. The number of thiophene rings is 1. The van der Waals surface area contributed by atoms with Gasteiger partial charge in [0.25, 0.3) is 5.56 Å². The maximum Gasteiger partial charge on any atom is 0.348 e. The van der Waals surface area contributed by atoms with Crippen molar-refractivity contribution in [1.82, 2.24) is 9.55 Å². The minimum Gasteiger partial charge on any atom is -0.494 e. The Bertz CT molecular complexity index is 1020. The first kappa shape index (κ1) is 20.1. The van der Waals surface area contributed by atoms with E-state index >= 15 is 0 Å². The molecule has 3 rings (SSSR count). The number of esters is 1. The second-order valence-electron chi connectivity index (χ2n) is 6.57. The average Bonchev–Trinajstić information content (AvgIpc) is 3.02. The molecule has 0 unspecified atom stereocenters. The Balaban J connectivity index is 1.62. The van der Waals surface area contributed by atoms with Gasteiger partial charge in [-0.05, 0) is 51.3 Å². The van der Waals surface area contributed by atoms with E-state index < -0.39 is 5.97 Å². The molecule has 0 saturated heterocycles. The highest BCUT2D eigenvalue weighted by Crippen LogP contribution is 2.27. The fourth-order valence-corrected chi connectivity index (χ4v) is 3.95. The van der Waals surface area contributed by atoms with E-state index in [0.717, 1.165) is 18.6 Å². The molecule has 0 amide bonds. The minimum absolute atomic E-state index is 0.117. The van der Waals surface area contributed by atoms with Crippen LogP contribution in [0.4, 0.5) is 0 Å². The number of rotatable bonds is 8. The van der Waals surface area contributed by atoms with Crippen molar-refractivity contribution in [3.8, 4) is 5.75 Å². The first-order valence-corrected chi connectivity index (χ1v) is 10.2. The third kappa shape index (κ3) is 4.42. The van der Waals surface area contributed by atoms with Gasteiger partial charge < -0.3 is 9.47 Å². The SMILES string of the molecule is CCOC(=O)c1sc2ncn(CCCCOc3ccc(C)cc3)c(=O)c2c1C. The Morgan fingerprint density at radius 1 is 1.18 bits per heavy atom. The van der Waals surface area contributed by atoms with Gasteiger partial charge in [-0.25, -0.2) is 9.78 Å². The predicted molar refractivity (Wildman–Crippen MR) is 110 cm³/mol. The fraction of sp³-hybridized carbons (Fsp3) is 0.381. The molecule has 0 N–H and O–H groups in total. The normalized spacial score (nSPS) is 11.0. The molecule has 0 bridgehead atoms. The zero-order valence-electron chi connectivity index (χ0n) is 16.4. The van der Waals surface area contributed by atoms with Crippen molar-refractivity contribution in [3.05, 3.63) is 57.0 Å². The number of nitrogens with zero attached hydrogens (tertiary/aromatic N) is 2. The zero-order chi connectivity index (χ0) is 20.1. The quantitative estimate of drug-likeness (QED) is 0.420. The van der Waals surface area contributed by atoms with Crippen molar-refractivity contribution in [2.45, 2.75) is 40.2 Å². The Kier molecular flexibility index (Phi) is 6.46. The van der Waals surface area contributed by atoms with Gasteiger partial charge >= 0.3 is 5.97 Å². The summed E-state index contributed by atoms with van der Waals surface area (Å²) in [7, 11) is 0. The lowest BCUT2D eigenvalue weighted by molar-refractivity contribution is 0.0531. The first-order chi connectivity index (χ1) is 13.5. The Labute approximate surface area is 167 Å². The number of hydrogen-bond donors (Lipinski definition) is 0. The molecule has 2 heterocycles. The molecule has 7 heteroatoms. The summed E-state index contributed by atoms with van der Waals surface area (Å²) in [5, 5.41) is 0.506. The van der Waals surface area contributed by atoms with Crippen molar-refractivity contribution in [2.24, 2.45) is 0 Å². The first-order valence-electron chi connectivity index (χ1n) is 9.36. The van der Waals surface area contributed by atoms with Crippen LogP contribution in [-0.2, 0) is 11.3 Å². The van der Waals surface area contributed by atoms with Crippen LogP contribution < -0.4 is 10.3 Å². The van der Waals surface area contributed by atoms with Crippen molar-refractivity contribution >= 4 is 27.5 Å². The van der Waals surface area contributed by atoms with Crippen LogP contribution >= 0.6 is 11.3 Å². The van der Waals surface area contributed by atoms with Gasteiger partial charge in [-0.3, -0.25) is 9.36 Å². The molecule has 2 aromatic heterocycles. The number of hydrogen-bond acceptors (Lipinski definition) is 6. The number of benzene rings is 1. The van der Waals surface area contributed by atoms with Gasteiger partial charge in [0.2, 0.25) is 0 Å². The summed E-state index contributed by atoms with van der Waals surface area (Å²) in [5.74, 6) is 0.452. The molecule has 148 valence electrons. The molecule has 0 aliphatic rings. The van der Waals surface area contributed by atoms with Crippen molar-refractivity contribution in [1.29, 1.82) is 0 Å². The highest BCUT2D eigenvalue weighted by molar-refractivity contribution is 7.20. The second kappa shape index (κ2) is 9.01. The monoisotopic (exact) mass is 400 g/mol. The van der Waals surface area contributed by atoms with Crippen LogP contribution in [0, 0.1) is 13.8 Å². The molecule has 0 aliphatic heterocycles. The molecule has 0 atom stereocenters. The Morgan fingerprint density at radius 3 is 2.64 bits per heavy atom. The number of aromatic nitrogens is 2. The topological polar surface area (TPSA) is 70.4 Å². The van der Waals surface area contributed by atoms with Crippen LogP contribution in [0.25, 0.3) is 10.2 Å². The number of carbonyl (C=O) groups is 1. The molecule has 1 aromatic carbocycles. The number of fused-ring (bicyclic) bond motifs is 1. The minimum atomic E-state index is -0.401. The largest absolute Gasteiger partial charge is 0.494 e. The highest BCUT2D eigenvalue weighted by atomic mass is 32.1. The Hall–Kier alpha value is -2.67. The standard InChI is InChI=1S/C21H24N2O4S/c1-4-26-21(25)18-15(3)17-19(28-18)22-13-23(20(17)24)11-5-6-12-27-16-9-7-14(2)8-10-16/h7-10,13H,4-6,11-12H2,1-3H3. The Morgan fingerprint density at radius 2 is 1.93 bits per heavy atom. The summed E-state index contributed by atoms with van der Waals surface area (Å²) < 4.78 is 12.4. The summed E-state index contributed by atoms with van der Waals surface area (Å²) in [4.78, 5) is 30.2. The van der Waals surface area contributed by atoms with Gasteiger partial charge in [0.15, 0.2) is 0 Å². The second-order valence-corrected chi connectivity index (χ2v) is 7.57. The van der Waals surface area contributed by atoms with Gasteiger partial charge in [0, 0.05) is 6.54 Å². The summed E-state index contributed by atoms with van der Waals surface area (Å²) in [6.45, 7) is 7.02. The molecule has 28 heavy (non-hydrogen) atoms. The van der Waals surface area contributed by atoms with Crippen LogP contribution in [0.15, 0.2) is 35.4 Å². The highest BCUT2D eigenvalue weighted by Gasteiger charge is 2.20. The van der Waals surface area contributed by atoms with E-state index in [1.54, 1.807) is 24.7 Å². The fourth-order valence-electron chi connectivity index (χ4n) is 2.92. The summed E-state index contributed by atoms with van der Waals surface area (Å²) in [6, 6.07) is 7.95. The van der Waals surface area contributed by atoms with Crippen LogP contribution in [-0.4, -0.2) is 28.7 Å². The number of unbranched alkanes of at least 4 members (excludes halogenated alkanes) is 1. The summed E-state index contributed by atoms with van der Waals surface area (Å²) in [6.07, 6.45) is 3.18. The van der Waals surface area contributed by atoms with E-state index in [1.807, 2.05) is 31.2 Å². The van der Waals surface area contributed by atoms with E-state index in [4.69, 9.17) is 9.47 Å². The summed E-state index contributed by atoms with van der Waals surface area (Å²) >= 11 is 1.21. The van der Waals surface area contributed by atoms with Gasteiger partial charge in [0.1, 0.15) is 15.5 Å². The molecule has 0 saturated carbocycles. The predicted octanol–water partition coefficient (Wildman–Crippen LogP) is 4.11. The van der Waals surface area contributed by atoms with Gasteiger partial charge in [-0.15, -0.1) is 11.3 Å². The van der Waals surface area contributed by atoms with Crippen LogP contribution in [0.3, 0.4) is 0 Å². The van der Waals surface area contributed by atoms with E-state index in [2.05, 4.69) is 4.98 Å². The van der Waals surface area contributed by atoms with Crippen molar-refractivity contribution in [3.63, 3.8) is 0 Å². The van der Waals surface area contributed by atoms with E-state index in [0.29, 0.717) is 40.4 Å². The molecule has 0 aliphatic carbocycles. The van der Waals surface area contributed by atoms with Crippen LogP contribution in [0.2, 0.25) is 0 Å². The lowest BCUT2D eigenvalue weighted by atomic mass is 10.2. The average molecular weight is 401 g/mol. The van der Waals surface area contributed by atoms with Gasteiger partial charge in [-0.2, -0.15) is 0 Å². The maximum absolute atomic E-state index is 12.8. The van der Waals surface area contributed by atoms with E-state index in [1.165, 1.54) is 16.9 Å². The summed E-state index contributed by atoms with van der Waals surface area (Å²) in [5.41, 5.74) is 1.73. The van der Waals surface area contributed by atoms with Crippen LogP contribution in [0.5, 0.6) is 5.75 Å². The molecule has 3 aromatic rings. The zero-order valence-corrected chi connectivity index (χ0v) is 17.2. The van der Waals surface area contributed by atoms with E-state index in [9.17, 15) is 9.59 Å². The number of aryl methyl sites for hydroxylation is 3. The maximum atomic E-state index is 12.8. The molecular weight excluding hydrogens is 376 g/mol. The molecule has 6 nitrogen and oxygen atoms in total. The van der Waals surface area contributed by atoms with Crippen LogP contribution in [0.1, 0.15) is 40.6 Å². The molecule has 0 fully saturated rings. The number of ether oxygens (including phenoxy) is 2. The van der Waals surface area contributed by atoms with Gasteiger partial charge in [-0.1, -0.05) is 17.7 Å². The third-order valence-electron chi connectivity index (χ3n) is 4.46. The lowest BCUT2D eigenvalue weighted by Gasteiger charge is -2.08. The molecular formula is C21H24N2O4S. The van der Waals surface area contributed by atoms with E-state index in [-0.39, 0.29) is 5.56 Å². The smallest absolute Gasteiger partial charge is 0.348 e. The van der Waals surface area contributed by atoms with Gasteiger partial charge in [0.05, 0.1) is 24.9 Å². The van der Waals surface area contributed by atoms with Crippen molar-refractivity contribution in [2.75, 3.05) is 13.2 Å². The van der Waals surface area contributed by atoms with Crippen molar-refractivity contribution < 1.29 is 14.3 Å². The lowest BCUT2D eigenvalue weighted by Crippen LogP contribution is -2.21.